The molecule has 2 aliphatic heterocycles. The monoisotopic (exact) mass is 411 g/mol. The number of sulfonamides is 1. The molecule has 0 bridgehead atoms. The highest BCUT2D eigenvalue weighted by atomic mass is 32.2. The SMILES string of the molecule is COCCN1CC(C(=O)Nc2ccc(S(=O)(=O)N3CCOCC3)cc2)CC1=O. The molecule has 2 fully saturated rings. The molecule has 0 spiro atoms. The molecule has 0 aliphatic carbocycles. The molecule has 2 heterocycles. The third-order valence-corrected chi connectivity index (χ3v) is 6.79. The van der Waals surface area contributed by atoms with Crippen molar-refractivity contribution in [2.24, 2.45) is 5.92 Å². The van der Waals surface area contributed by atoms with Crippen LogP contribution in [0.3, 0.4) is 0 Å². The summed E-state index contributed by atoms with van der Waals surface area (Å²) in [6.07, 6.45) is 0.166. The van der Waals surface area contributed by atoms with Crippen LogP contribution in [-0.2, 0) is 29.1 Å². The van der Waals surface area contributed by atoms with Gasteiger partial charge in [-0.05, 0) is 24.3 Å². The molecule has 1 unspecified atom stereocenters. The van der Waals surface area contributed by atoms with Crippen LogP contribution < -0.4 is 5.32 Å². The lowest BCUT2D eigenvalue weighted by atomic mass is 10.1. The molecule has 1 aromatic rings. The molecule has 1 N–H and O–H groups in total. The predicted octanol–water partition coefficient (Wildman–Crippen LogP) is 0.141. The van der Waals surface area contributed by atoms with Crippen molar-refractivity contribution in [2.45, 2.75) is 11.3 Å². The number of nitrogens with zero attached hydrogens (tertiary/aromatic N) is 2. The smallest absolute Gasteiger partial charge is 0.243 e. The Morgan fingerprint density at radius 1 is 1.25 bits per heavy atom. The topological polar surface area (TPSA) is 105 Å². The van der Waals surface area contributed by atoms with Gasteiger partial charge in [0.05, 0.1) is 30.6 Å². The molecule has 28 heavy (non-hydrogen) atoms. The van der Waals surface area contributed by atoms with Crippen molar-refractivity contribution in [3.63, 3.8) is 0 Å². The van der Waals surface area contributed by atoms with E-state index >= 15 is 0 Å². The Morgan fingerprint density at radius 3 is 2.57 bits per heavy atom. The summed E-state index contributed by atoms with van der Waals surface area (Å²) in [6, 6.07) is 6.07. The molecule has 1 aromatic carbocycles. The number of benzene rings is 1. The van der Waals surface area contributed by atoms with Crippen LogP contribution in [0.15, 0.2) is 29.2 Å². The van der Waals surface area contributed by atoms with Crippen LogP contribution >= 0.6 is 0 Å². The lowest BCUT2D eigenvalue weighted by Gasteiger charge is -2.26. The van der Waals surface area contributed by atoms with Gasteiger partial charge in [-0.15, -0.1) is 0 Å². The highest BCUT2D eigenvalue weighted by Gasteiger charge is 2.34. The van der Waals surface area contributed by atoms with Gasteiger partial charge in [0.2, 0.25) is 21.8 Å². The third kappa shape index (κ3) is 4.69. The number of morpholine rings is 1. The summed E-state index contributed by atoms with van der Waals surface area (Å²) in [6.45, 7) is 2.68. The van der Waals surface area contributed by atoms with E-state index in [0.717, 1.165) is 0 Å². The Bertz CT molecular complexity index is 805. The van der Waals surface area contributed by atoms with Crippen LogP contribution in [0.4, 0.5) is 5.69 Å². The average Bonchev–Trinajstić information content (AvgIpc) is 3.08. The van der Waals surface area contributed by atoms with Gasteiger partial charge in [-0.25, -0.2) is 8.42 Å². The van der Waals surface area contributed by atoms with Gasteiger partial charge < -0.3 is 19.7 Å². The van der Waals surface area contributed by atoms with Gasteiger partial charge in [0, 0.05) is 45.4 Å². The van der Waals surface area contributed by atoms with E-state index < -0.39 is 15.9 Å². The first-order valence-corrected chi connectivity index (χ1v) is 10.6. The Morgan fingerprint density at radius 2 is 1.93 bits per heavy atom. The van der Waals surface area contributed by atoms with Crippen LogP contribution in [0.25, 0.3) is 0 Å². The number of anilines is 1. The summed E-state index contributed by atoms with van der Waals surface area (Å²) in [4.78, 5) is 26.2. The number of rotatable bonds is 7. The first kappa shape index (κ1) is 20.7. The van der Waals surface area contributed by atoms with Crippen molar-refractivity contribution in [2.75, 3.05) is 58.4 Å². The van der Waals surface area contributed by atoms with Gasteiger partial charge >= 0.3 is 0 Å². The second-order valence-corrected chi connectivity index (χ2v) is 8.70. The van der Waals surface area contributed by atoms with Gasteiger partial charge in [0.25, 0.3) is 0 Å². The number of methoxy groups -OCH3 is 1. The molecule has 0 aromatic heterocycles. The maximum atomic E-state index is 12.6. The summed E-state index contributed by atoms with van der Waals surface area (Å²) < 4.78 is 36.8. The fraction of sp³-hybridized carbons (Fsp3) is 0.556. The largest absolute Gasteiger partial charge is 0.383 e. The lowest BCUT2D eigenvalue weighted by molar-refractivity contribution is -0.128. The molecule has 10 heteroatoms. The number of nitrogens with one attached hydrogen (secondary N) is 1. The van der Waals surface area contributed by atoms with E-state index in [1.807, 2.05) is 0 Å². The van der Waals surface area contributed by atoms with Gasteiger partial charge in [0.1, 0.15) is 0 Å². The number of carbonyl (C=O) groups excluding carboxylic acids is 2. The number of ether oxygens (including phenoxy) is 2. The van der Waals surface area contributed by atoms with E-state index in [1.54, 1.807) is 24.1 Å². The fourth-order valence-corrected chi connectivity index (χ4v) is 4.66. The van der Waals surface area contributed by atoms with Crippen LogP contribution in [-0.4, -0.2) is 82.5 Å². The normalized spacial score (nSPS) is 21.1. The van der Waals surface area contributed by atoms with E-state index in [0.29, 0.717) is 51.7 Å². The first-order chi connectivity index (χ1) is 13.4. The van der Waals surface area contributed by atoms with E-state index in [-0.39, 0.29) is 23.1 Å². The number of hydrogen-bond donors (Lipinski definition) is 1. The van der Waals surface area contributed by atoms with Crippen LogP contribution in [0.1, 0.15) is 6.42 Å². The summed E-state index contributed by atoms with van der Waals surface area (Å²) in [5.41, 5.74) is 0.494. The Kier molecular flexibility index (Phi) is 6.65. The van der Waals surface area contributed by atoms with Crippen molar-refractivity contribution < 1.29 is 27.5 Å². The molecule has 0 saturated carbocycles. The Labute approximate surface area is 164 Å². The van der Waals surface area contributed by atoms with E-state index in [2.05, 4.69) is 5.32 Å². The molecule has 3 rings (SSSR count). The molecule has 154 valence electrons. The minimum absolute atomic E-state index is 0.0656. The van der Waals surface area contributed by atoms with Crippen LogP contribution in [0.5, 0.6) is 0 Å². The predicted molar refractivity (Wildman–Crippen MR) is 101 cm³/mol. The highest BCUT2D eigenvalue weighted by Crippen LogP contribution is 2.22. The van der Waals surface area contributed by atoms with E-state index in [4.69, 9.17) is 9.47 Å². The zero-order chi connectivity index (χ0) is 20.1. The number of likely N-dealkylation sites (tertiary alicyclic amines) is 1. The highest BCUT2D eigenvalue weighted by molar-refractivity contribution is 7.89. The second-order valence-electron chi connectivity index (χ2n) is 6.76. The van der Waals surface area contributed by atoms with Gasteiger partial charge in [-0.2, -0.15) is 4.31 Å². The quantitative estimate of drug-likeness (QED) is 0.684. The van der Waals surface area contributed by atoms with Crippen molar-refractivity contribution in [1.82, 2.24) is 9.21 Å². The summed E-state index contributed by atoms with van der Waals surface area (Å²) in [5, 5.41) is 2.76. The third-order valence-electron chi connectivity index (χ3n) is 4.88. The standard InChI is InChI=1S/C18H25N3O6S/c1-26-9-6-20-13-14(12-17(20)22)18(23)19-15-2-4-16(5-3-15)28(24,25)21-7-10-27-11-8-21/h2-5,14H,6-13H2,1H3,(H,19,23). The van der Waals surface area contributed by atoms with Crippen LogP contribution in [0.2, 0.25) is 0 Å². The van der Waals surface area contributed by atoms with Crippen LogP contribution in [0, 0.1) is 5.92 Å². The molecule has 2 amide bonds. The van der Waals surface area contributed by atoms with Crippen molar-refractivity contribution in [3.8, 4) is 0 Å². The van der Waals surface area contributed by atoms with Crippen molar-refractivity contribution in [1.29, 1.82) is 0 Å². The number of amides is 2. The van der Waals surface area contributed by atoms with Crippen molar-refractivity contribution in [3.05, 3.63) is 24.3 Å². The maximum absolute atomic E-state index is 12.6. The molecular weight excluding hydrogens is 386 g/mol. The van der Waals surface area contributed by atoms with Gasteiger partial charge in [-0.3, -0.25) is 9.59 Å². The minimum Gasteiger partial charge on any atom is -0.383 e. The summed E-state index contributed by atoms with van der Waals surface area (Å²) in [7, 11) is -2.01. The fourth-order valence-electron chi connectivity index (χ4n) is 3.26. The van der Waals surface area contributed by atoms with Crippen molar-refractivity contribution >= 4 is 27.5 Å². The molecule has 0 radical (unpaired) electrons. The Balaban J connectivity index is 1.60. The molecule has 2 aliphatic rings. The summed E-state index contributed by atoms with van der Waals surface area (Å²) in [5.74, 6) is -0.748. The Hall–Kier alpha value is -2.01. The number of carbonyl (C=O) groups is 2. The zero-order valence-electron chi connectivity index (χ0n) is 15.8. The summed E-state index contributed by atoms with van der Waals surface area (Å²) >= 11 is 0. The second kappa shape index (κ2) is 8.99. The minimum atomic E-state index is -3.57. The maximum Gasteiger partial charge on any atom is 0.243 e. The van der Waals surface area contributed by atoms with E-state index in [9.17, 15) is 18.0 Å². The van der Waals surface area contributed by atoms with Gasteiger partial charge in [0.15, 0.2) is 0 Å². The average molecular weight is 411 g/mol. The lowest BCUT2D eigenvalue weighted by Crippen LogP contribution is -2.40. The van der Waals surface area contributed by atoms with Gasteiger partial charge in [-0.1, -0.05) is 0 Å². The molecule has 9 nitrogen and oxygen atoms in total. The number of hydrogen-bond acceptors (Lipinski definition) is 6. The zero-order valence-corrected chi connectivity index (χ0v) is 16.6. The van der Waals surface area contributed by atoms with E-state index in [1.165, 1.54) is 16.4 Å². The molecular formula is C18H25N3O6S. The molecule has 2 saturated heterocycles. The molecule has 1 atom stereocenters. The first-order valence-electron chi connectivity index (χ1n) is 9.17.